The van der Waals surface area contributed by atoms with Crippen molar-refractivity contribution < 1.29 is 9.84 Å². The molecule has 0 unspecified atom stereocenters. The molecule has 16 heavy (non-hydrogen) atoms. The SMILES string of the molecule is CC[C@H](O)c1ccc(OCCC2CC2)cc1. The molecule has 1 aliphatic carbocycles. The fraction of sp³-hybridized carbons (Fsp3) is 0.571. The van der Waals surface area contributed by atoms with Gasteiger partial charge in [-0.15, -0.1) is 0 Å². The Kier molecular flexibility index (Phi) is 3.83. The first-order valence-corrected chi connectivity index (χ1v) is 6.20. The van der Waals surface area contributed by atoms with Crippen molar-refractivity contribution in [2.45, 2.75) is 38.7 Å². The van der Waals surface area contributed by atoms with Crippen LogP contribution in [-0.2, 0) is 0 Å². The molecule has 0 heterocycles. The Morgan fingerprint density at radius 1 is 1.31 bits per heavy atom. The number of aliphatic hydroxyl groups excluding tert-OH is 1. The summed E-state index contributed by atoms with van der Waals surface area (Å²) in [5, 5.41) is 9.64. The van der Waals surface area contributed by atoms with Crippen molar-refractivity contribution in [3.63, 3.8) is 0 Å². The van der Waals surface area contributed by atoms with Crippen LogP contribution in [0.1, 0.15) is 44.3 Å². The first kappa shape index (κ1) is 11.5. The van der Waals surface area contributed by atoms with Crippen molar-refractivity contribution in [1.29, 1.82) is 0 Å². The highest BCUT2D eigenvalue weighted by Gasteiger charge is 2.20. The smallest absolute Gasteiger partial charge is 0.119 e. The van der Waals surface area contributed by atoms with Gasteiger partial charge in [0, 0.05) is 0 Å². The summed E-state index contributed by atoms with van der Waals surface area (Å²) in [6, 6.07) is 7.78. The summed E-state index contributed by atoms with van der Waals surface area (Å²) in [4.78, 5) is 0. The van der Waals surface area contributed by atoms with E-state index in [9.17, 15) is 5.11 Å². The molecule has 2 heteroatoms. The highest BCUT2D eigenvalue weighted by molar-refractivity contribution is 5.28. The third-order valence-electron chi connectivity index (χ3n) is 3.14. The van der Waals surface area contributed by atoms with Gasteiger partial charge in [0.25, 0.3) is 0 Å². The largest absolute Gasteiger partial charge is 0.494 e. The summed E-state index contributed by atoms with van der Waals surface area (Å²) >= 11 is 0. The zero-order chi connectivity index (χ0) is 11.4. The molecule has 0 radical (unpaired) electrons. The predicted molar refractivity (Wildman–Crippen MR) is 64.5 cm³/mol. The number of aliphatic hydroxyl groups is 1. The van der Waals surface area contributed by atoms with E-state index in [1.54, 1.807) is 0 Å². The third kappa shape index (κ3) is 3.24. The molecular weight excluding hydrogens is 200 g/mol. The van der Waals surface area contributed by atoms with Crippen LogP contribution in [0.25, 0.3) is 0 Å². The van der Waals surface area contributed by atoms with Gasteiger partial charge >= 0.3 is 0 Å². The summed E-state index contributed by atoms with van der Waals surface area (Å²) in [5.74, 6) is 1.83. The predicted octanol–water partition coefficient (Wildman–Crippen LogP) is 3.31. The van der Waals surface area contributed by atoms with Gasteiger partial charge in [-0.3, -0.25) is 0 Å². The van der Waals surface area contributed by atoms with Crippen molar-refractivity contribution in [2.75, 3.05) is 6.61 Å². The molecule has 0 amide bonds. The van der Waals surface area contributed by atoms with Crippen LogP contribution in [0.5, 0.6) is 5.75 Å². The summed E-state index contributed by atoms with van der Waals surface area (Å²) in [5.41, 5.74) is 0.969. The molecule has 1 aliphatic rings. The zero-order valence-electron chi connectivity index (χ0n) is 9.86. The molecule has 0 aromatic heterocycles. The van der Waals surface area contributed by atoms with E-state index in [4.69, 9.17) is 4.74 Å². The molecule has 0 saturated heterocycles. The normalized spacial score (nSPS) is 17.1. The van der Waals surface area contributed by atoms with Crippen LogP contribution in [-0.4, -0.2) is 11.7 Å². The van der Waals surface area contributed by atoms with Crippen LogP contribution < -0.4 is 4.74 Å². The molecule has 1 atom stereocenters. The lowest BCUT2D eigenvalue weighted by molar-refractivity contribution is 0.173. The van der Waals surface area contributed by atoms with Crippen LogP contribution in [0, 0.1) is 5.92 Å². The summed E-state index contributed by atoms with van der Waals surface area (Å²) in [6.45, 7) is 2.80. The Labute approximate surface area is 97.3 Å². The summed E-state index contributed by atoms with van der Waals surface area (Å²) in [6.07, 6.45) is 4.34. The van der Waals surface area contributed by atoms with E-state index in [0.717, 1.165) is 30.3 Å². The van der Waals surface area contributed by atoms with Crippen molar-refractivity contribution in [2.24, 2.45) is 5.92 Å². The Morgan fingerprint density at radius 3 is 2.56 bits per heavy atom. The average molecular weight is 220 g/mol. The van der Waals surface area contributed by atoms with E-state index < -0.39 is 0 Å². The maximum absolute atomic E-state index is 9.64. The van der Waals surface area contributed by atoms with Gasteiger partial charge in [0.1, 0.15) is 5.75 Å². The number of hydrogen-bond donors (Lipinski definition) is 1. The molecular formula is C14H20O2. The van der Waals surface area contributed by atoms with Crippen LogP contribution in [0.2, 0.25) is 0 Å². The standard InChI is InChI=1S/C14H20O2/c1-2-14(15)12-5-7-13(8-6-12)16-10-9-11-3-4-11/h5-8,11,14-15H,2-4,9-10H2,1H3/t14-/m0/s1. The summed E-state index contributed by atoms with van der Waals surface area (Å²) < 4.78 is 5.64. The molecule has 1 aromatic carbocycles. The van der Waals surface area contributed by atoms with Crippen LogP contribution >= 0.6 is 0 Å². The molecule has 88 valence electrons. The number of hydrogen-bond acceptors (Lipinski definition) is 2. The fourth-order valence-corrected chi connectivity index (χ4v) is 1.77. The molecule has 2 nitrogen and oxygen atoms in total. The van der Waals surface area contributed by atoms with E-state index in [0.29, 0.717) is 0 Å². The van der Waals surface area contributed by atoms with Crippen LogP contribution in [0.3, 0.4) is 0 Å². The first-order chi connectivity index (χ1) is 7.79. The van der Waals surface area contributed by atoms with Gasteiger partial charge in [0.2, 0.25) is 0 Å². The van der Waals surface area contributed by atoms with Crippen LogP contribution in [0.15, 0.2) is 24.3 Å². The lowest BCUT2D eigenvalue weighted by Gasteiger charge is -2.10. The minimum Gasteiger partial charge on any atom is -0.494 e. The molecule has 0 bridgehead atoms. The molecule has 2 rings (SSSR count). The zero-order valence-corrected chi connectivity index (χ0v) is 9.86. The molecule has 1 aromatic rings. The molecule has 0 aliphatic heterocycles. The Balaban J connectivity index is 1.80. The van der Waals surface area contributed by atoms with E-state index in [-0.39, 0.29) is 6.10 Å². The Hall–Kier alpha value is -1.02. The van der Waals surface area contributed by atoms with Gasteiger partial charge in [-0.2, -0.15) is 0 Å². The minimum atomic E-state index is -0.347. The van der Waals surface area contributed by atoms with E-state index in [1.807, 2.05) is 31.2 Å². The topological polar surface area (TPSA) is 29.5 Å². The van der Waals surface area contributed by atoms with Crippen molar-refractivity contribution >= 4 is 0 Å². The highest BCUT2D eigenvalue weighted by Crippen LogP contribution is 2.32. The van der Waals surface area contributed by atoms with Crippen molar-refractivity contribution in [1.82, 2.24) is 0 Å². The quantitative estimate of drug-likeness (QED) is 0.797. The maximum atomic E-state index is 9.64. The van der Waals surface area contributed by atoms with Gasteiger partial charge < -0.3 is 9.84 Å². The minimum absolute atomic E-state index is 0.347. The number of rotatable bonds is 6. The molecule has 0 spiro atoms. The Morgan fingerprint density at radius 2 is 2.00 bits per heavy atom. The number of benzene rings is 1. The third-order valence-corrected chi connectivity index (χ3v) is 3.14. The lowest BCUT2D eigenvalue weighted by atomic mass is 10.1. The van der Waals surface area contributed by atoms with E-state index in [2.05, 4.69) is 0 Å². The van der Waals surface area contributed by atoms with Gasteiger partial charge in [-0.1, -0.05) is 31.9 Å². The fourth-order valence-electron chi connectivity index (χ4n) is 1.77. The average Bonchev–Trinajstić information content (AvgIpc) is 3.13. The maximum Gasteiger partial charge on any atom is 0.119 e. The van der Waals surface area contributed by atoms with Gasteiger partial charge in [0.15, 0.2) is 0 Å². The van der Waals surface area contributed by atoms with Crippen LogP contribution in [0.4, 0.5) is 0 Å². The second kappa shape index (κ2) is 5.35. The molecule has 1 saturated carbocycles. The molecule has 1 fully saturated rings. The molecule has 1 N–H and O–H groups in total. The van der Waals surface area contributed by atoms with E-state index >= 15 is 0 Å². The first-order valence-electron chi connectivity index (χ1n) is 6.20. The number of ether oxygens (including phenoxy) is 1. The summed E-state index contributed by atoms with van der Waals surface area (Å²) in [7, 11) is 0. The van der Waals surface area contributed by atoms with Gasteiger partial charge in [0.05, 0.1) is 12.7 Å². The Bertz CT molecular complexity index is 314. The van der Waals surface area contributed by atoms with Gasteiger partial charge in [-0.05, 0) is 36.5 Å². The second-order valence-corrected chi connectivity index (χ2v) is 4.57. The lowest BCUT2D eigenvalue weighted by Crippen LogP contribution is -1.99. The monoisotopic (exact) mass is 220 g/mol. The second-order valence-electron chi connectivity index (χ2n) is 4.57. The van der Waals surface area contributed by atoms with Crippen molar-refractivity contribution in [3.8, 4) is 5.75 Å². The van der Waals surface area contributed by atoms with Crippen molar-refractivity contribution in [3.05, 3.63) is 29.8 Å². The van der Waals surface area contributed by atoms with Gasteiger partial charge in [-0.25, -0.2) is 0 Å². The van der Waals surface area contributed by atoms with E-state index in [1.165, 1.54) is 19.3 Å². The highest BCUT2D eigenvalue weighted by atomic mass is 16.5.